The third-order valence-electron chi connectivity index (χ3n) is 3.31. The van der Waals surface area contributed by atoms with E-state index in [-0.39, 0.29) is 11.5 Å². The van der Waals surface area contributed by atoms with E-state index in [0.717, 1.165) is 23.8 Å². The molecule has 0 aliphatic heterocycles. The van der Waals surface area contributed by atoms with Crippen LogP contribution in [0.15, 0.2) is 12.1 Å². The number of rotatable bonds is 1. The van der Waals surface area contributed by atoms with Crippen molar-refractivity contribution in [1.82, 2.24) is 4.98 Å². The number of benzene rings is 1. The van der Waals surface area contributed by atoms with E-state index in [1.165, 1.54) is 7.11 Å². The zero-order valence-electron chi connectivity index (χ0n) is 9.47. The van der Waals surface area contributed by atoms with Gasteiger partial charge in [0, 0.05) is 11.8 Å². The van der Waals surface area contributed by atoms with E-state index in [2.05, 4.69) is 4.98 Å². The fourth-order valence-corrected chi connectivity index (χ4v) is 2.47. The largest absolute Gasteiger partial charge is 0.494 e. The Morgan fingerprint density at radius 2 is 2.18 bits per heavy atom. The normalized spacial score (nSPS) is 15.1. The van der Waals surface area contributed by atoms with Crippen molar-refractivity contribution < 1.29 is 13.9 Å². The first kappa shape index (κ1) is 10.3. The molecule has 2 aromatic rings. The molecule has 17 heavy (non-hydrogen) atoms. The minimum absolute atomic E-state index is 0.0702. The van der Waals surface area contributed by atoms with Crippen LogP contribution in [0, 0.1) is 5.82 Å². The van der Waals surface area contributed by atoms with Gasteiger partial charge >= 0.3 is 0 Å². The summed E-state index contributed by atoms with van der Waals surface area (Å²) < 4.78 is 18.9. The molecule has 0 saturated carbocycles. The molecule has 0 saturated heterocycles. The monoisotopic (exact) mass is 233 g/mol. The lowest BCUT2D eigenvalue weighted by atomic mass is 9.95. The molecule has 0 bridgehead atoms. The Morgan fingerprint density at radius 3 is 2.94 bits per heavy atom. The molecule has 1 aromatic carbocycles. The van der Waals surface area contributed by atoms with Gasteiger partial charge in [-0.05, 0) is 30.5 Å². The molecule has 0 unspecified atom stereocenters. The Labute approximate surface area is 97.6 Å². The van der Waals surface area contributed by atoms with Crippen molar-refractivity contribution in [3.63, 3.8) is 0 Å². The number of methoxy groups -OCH3 is 1. The summed E-state index contributed by atoms with van der Waals surface area (Å²) in [6.45, 7) is 0. The highest BCUT2D eigenvalue weighted by Crippen LogP contribution is 2.33. The van der Waals surface area contributed by atoms with Crippen LogP contribution in [-0.2, 0) is 6.42 Å². The molecule has 88 valence electrons. The smallest absolute Gasteiger partial charge is 0.189 e. The first-order valence-corrected chi connectivity index (χ1v) is 5.62. The van der Waals surface area contributed by atoms with Crippen molar-refractivity contribution in [2.45, 2.75) is 19.3 Å². The number of ether oxygens (including phenoxy) is 1. The molecular weight excluding hydrogens is 221 g/mol. The van der Waals surface area contributed by atoms with Crippen LogP contribution in [-0.4, -0.2) is 17.9 Å². The van der Waals surface area contributed by atoms with Gasteiger partial charge in [-0.3, -0.25) is 4.79 Å². The molecule has 0 radical (unpaired) electrons. The average Bonchev–Trinajstić information content (AvgIpc) is 2.71. The minimum atomic E-state index is -0.424. The van der Waals surface area contributed by atoms with Crippen LogP contribution in [0.25, 0.3) is 10.9 Å². The summed E-state index contributed by atoms with van der Waals surface area (Å²) in [5.41, 5.74) is 1.89. The number of aromatic amines is 1. The van der Waals surface area contributed by atoms with Crippen molar-refractivity contribution in [3.05, 3.63) is 29.2 Å². The summed E-state index contributed by atoms with van der Waals surface area (Å²) in [5, 5.41) is 0.798. The second kappa shape index (κ2) is 3.58. The molecule has 4 heteroatoms. The van der Waals surface area contributed by atoms with E-state index >= 15 is 0 Å². The van der Waals surface area contributed by atoms with Crippen LogP contribution in [0.3, 0.4) is 0 Å². The first-order valence-electron chi connectivity index (χ1n) is 5.62. The number of hydrogen-bond acceptors (Lipinski definition) is 2. The Hall–Kier alpha value is -1.84. The van der Waals surface area contributed by atoms with Gasteiger partial charge in [-0.25, -0.2) is 4.39 Å². The van der Waals surface area contributed by atoms with Crippen molar-refractivity contribution in [2.75, 3.05) is 7.11 Å². The highest BCUT2D eigenvalue weighted by Gasteiger charge is 2.23. The Balaban J connectivity index is 2.34. The molecule has 1 N–H and O–H groups in total. The maximum atomic E-state index is 14.0. The number of aryl methyl sites for hydroxylation is 1. The lowest BCUT2D eigenvalue weighted by Gasteiger charge is -2.09. The highest BCUT2D eigenvalue weighted by molar-refractivity contribution is 6.03. The molecule has 0 atom stereocenters. The number of nitrogens with one attached hydrogen (secondary N) is 1. The standard InChI is InChI=1S/C13H12FNO2/c1-17-10-6-5-8-7-3-2-4-9(16)12(7)15-13(8)11(10)14/h5-6,15H,2-4H2,1H3. The van der Waals surface area contributed by atoms with Gasteiger partial charge in [-0.2, -0.15) is 0 Å². The summed E-state index contributed by atoms with van der Waals surface area (Å²) >= 11 is 0. The summed E-state index contributed by atoms with van der Waals surface area (Å²) in [7, 11) is 1.43. The second-order valence-electron chi connectivity index (χ2n) is 4.26. The minimum Gasteiger partial charge on any atom is -0.494 e. The van der Waals surface area contributed by atoms with E-state index in [4.69, 9.17) is 4.74 Å². The molecule has 1 heterocycles. The topological polar surface area (TPSA) is 42.1 Å². The van der Waals surface area contributed by atoms with Crippen LogP contribution in [0.4, 0.5) is 4.39 Å². The summed E-state index contributed by atoms with van der Waals surface area (Å²) in [6.07, 6.45) is 2.21. The van der Waals surface area contributed by atoms with Crippen LogP contribution in [0.1, 0.15) is 28.9 Å². The molecule has 1 aliphatic rings. The predicted molar refractivity (Wildman–Crippen MR) is 62.1 cm³/mol. The van der Waals surface area contributed by atoms with Gasteiger partial charge in [0.05, 0.1) is 18.3 Å². The molecule has 0 fully saturated rings. The van der Waals surface area contributed by atoms with Gasteiger partial charge < -0.3 is 9.72 Å². The van der Waals surface area contributed by atoms with Gasteiger partial charge in [-0.1, -0.05) is 0 Å². The van der Waals surface area contributed by atoms with Crippen molar-refractivity contribution in [3.8, 4) is 5.75 Å². The predicted octanol–water partition coefficient (Wildman–Crippen LogP) is 2.83. The summed E-state index contributed by atoms with van der Waals surface area (Å²) in [5.74, 6) is -0.156. The molecule has 3 rings (SSSR count). The quantitative estimate of drug-likeness (QED) is 0.822. The third-order valence-corrected chi connectivity index (χ3v) is 3.31. The number of fused-ring (bicyclic) bond motifs is 3. The van der Waals surface area contributed by atoms with Gasteiger partial charge in [0.25, 0.3) is 0 Å². The Kier molecular flexibility index (Phi) is 2.18. The SMILES string of the molecule is COc1ccc2c3c([nH]c2c1F)C(=O)CCC3. The van der Waals surface area contributed by atoms with Crippen molar-refractivity contribution >= 4 is 16.7 Å². The molecular formula is C13H12FNO2. The van der Waals surface area contributed by atoms with Gasteiger partial charge in [0.15, 0.2) is 17.3 Å². The zero-order valence-corrected chi connectivity index (χ0v) is 9.47. The van der Waals surface area contributed by atoms with E-state index in [0.29, 0.717) is 17.6 Å². The lowest BCUT2D eigenvalue weighted by Crippen LogP contribution is -2.09. The molecule has 1 aromatic heterocycles. The fraction of sp³-hybridized carbons (Fsp3) is 0.308. The van der Waals surface area contributed by atoms with Crippen LogP contribution in [0.5, 0.6) is 5.75 Å². The first-order chi connectivity index (χ1) is 8.22. The number of Topliss-reactive ketones (excluding diaryl/α,β-unsaturated/α-hetero) is 1. The van der Waals surface area contributed by atoms with Gasteiger partial charge in [-0.15, -0.1) is 0 Å². The second-order valence-corrected chi connectivity index (χ2v) is 4.26. The molecule has 1 aliphatic carbocycles. The number of H-pyrrole nitrogens is 1. The van der Waals surface area contributed by atoms with E-state index in [9.17, 15) is 9.18 Å². The van der Waals surface area contributed by atoms with Crippen LogP contribution in [0.2, 0.25) is 0 Å². The number of hydrogen-bond donors (Lipinski definition) is 1. The van der Waals surface area contributed by atoms with Crippen molar-refractivity contribution in [1.29, 1.82) is 0 Å². The van der Waals surface area contributed by atoms with Gasteiger partial charge in [0.2, 0.25) is 0 Å². The number of ketones is 1. The zero-order chi connectivity index (χ0) is 12.0. The van der Waals surface area contributed by atoms with E-state index in [1.807, 2.05) is 6.07 Å². The maximum absolute atomic E-state index is 14.0. The lowest BCUT2D eigenvalue weighted by molar-refractivity contribution is 0.0968. The fourth-order valence-electron chi connectivity index (χ4n) is 2.47. The average molecular weight is 233 g/mol. The van der Waals surface area contributed by atoms with Crippen LogP contribution < -0.4 is 4.74 Å². The third kappa shape index (κ3) is 1.37. The number of carbonyl (C=O) groups is 1. The molecule has 3 nitrogen and oxygen atoms in total. The van der Waals surface area contributed by atoms with E-state index in [1.54, 1.807) is 6.07 Å². The van der Waals surface area contributed by atoms with E-state index < -0.39 is 5.82 Å². The molecule has 0 amide bonds. The highest BCUT2D eigenvalue weighted by atomic mass is 19.1. The number of aromatic nitrogens is 1. The molecule has 0 spiro atoms. The van der Waals surface area contributed by atoms with Crippen LogP contribution >= 0.6 is 0 Å². The Bertz CT molecular complexity index is 615. The van der Waals surface area contributed by atoms with Gasteiger partial charge in [0.1, 0.15) is 0 Å². The number of carbonyl (C=O) groups excluding carboxylic acids is 1. The Morgan fingerprint density at radius 1 is 1.35 bits per heavy atom. The summed E-state index contributed by atoms with van der Waals surface area (Å²) in [4.78, 5) is 14.6. The van der Waals surface area contributed by atoms with Crippen molar-refractivity contribution in [2.24, 2.45) is 0 Å². The number of halogens is 1. The maximum Gasteiger partial charge on any atom is 0.189 e. The summed E-state index contributed by atoms with van der Waals surface area (Å²) in [6, 6.07) is 3.41.